The molecule has 0 aliphatic carbocycles. The van der Waals surface area contributed by atoms with Crippen molar-refractivity contribution in [2.75, 3.05) is 6.61 Å². The average Bonchev–Trinajstić information content (AvgIpc) is 2.16. The highest BCUT2D eigenvalue weighted by Crippen LogP contribution is 2.16. The molecule has 0 heterocycles. The Balaban J connectivity index is 3.07. The Morgan fingerprint density at radius 1 is 1.57 bits per heavy atom. The summed E-state index contributed by atoms with van der Waals surface area (Å²) in [4.78, 5) is 10.6. The zero-order valence-electron chi connectivity index (χ0n) is 7.90. The van der Waals surface area contributed by atoms with E-state index in [4.69, 9.17) is 15.9 Å². The van der Waals surface area contributed by atoms with Crippen LogP contribution < -0.4 is 5.73 Å². The normalized spacial score (nSPS) is 12.5. The SMILES string of the molecule is Cc1cc(C(=O)O)ccc1C(N)CO. The first kappa shape index (κ1) is 10.7. The molecule has 4 nitrogen and oxygen atoms in total. The molecule has 0 amide bonds. The van der Waals surface area contributed by atoms with Gasteiger partial charge in [-0.1, -0.05) is 6.07 Å². The number of hydrogen-bond acceptors (Lipinski definition) is 3. The third-order valence-electron chi connectivity index (χ3n) is 2.11. The van der Waals surface area contributed by atoms with Crippen LogP contribution in [-0.2, 0) is 0 Å². The smallest absolute Gasteiger partial charge is 0.335 e. The van der Waals surface area contributed by atoms with E-state index in [-0.39, 0.29) is 12.2 Å². The van der Waals surface area contributed by atoms with E-state index < -0.39 is 12.0 Å². The zero-order chi connectivity index (χ0) is 10.7. The predicted molar refractivity (Wildman–Crippen MR) is 52.2 cm³/mol. The van der Waals surface area contributed by atoms with Crippen molar-refractivity contribution in [2.24, 2.45) is 5.73 Å². The highest BCUT2D eigenvalue weighted by Gasteiger charge is 2.10. The van der Waals surface area contributed by atoms with Crippen LogP contribution in [0.5, 0.6) is 0 Å². The van der Waals surface area contributed by atoms with Crippen LogP contribution in [0.25, 0.3) is 0 Å². The Hall–Kier alpha value is -1.39. The van der Waals surface area contributed by atoms with Crippen LogP contribution in [0.3, 0.4) is 0 Å². The Kier molecular flexibility index (Phi) is 3.22. The van der Waals surface area contributed by atoms with Crippen molar-refractivity contribution < 1.29 is 15.0 Å². The zero-order valence-corrected chi connectivity index (χ0v) is 7.90. The summed E-state index contributed by atoms with van der Waals surface area (Å²) in [5.74, 6) is -0.961. The second-order valence-electron chi connectivity index (χ2n) is 3.17. The molecule has 0 aliphatic rings. The molecule has 0 aromatic heterocycles. The fourth-order valence-corrected chi connectivity index (χ4v) is 1.32. The molecular formula is C10H13NO3. The van der Waals surface area contributed by atoms with E-state index in [0.717, 1.165) is 11.1 Å². The number of carboxylic acids is 1. The quantitative estimate of drug-likeness (QED) is 0.662. The van der Waals surface area contributed by atoms with E-state index in [1.54, 1.807) is 19.1 Å². The molecule has 1 aromatic rings. The summed E-state index contributed by atoms with van der Waals surface area (Å²) in [6.45, 7) is 1.63. The van der Waals surface area contributed by atoms with Gasteiger partial charge in [-0.3, -0.25) is 0 Å². The maximum Gasteiger partial charge on any atom is 0.335 e. The lowest BCUT2D eigenvalue weighted by Gasteiger charge is -2.12. The molecule has 1 rings (SSSR count). The molecule has 1 aromatic carbocycles. The van der Waals surface area contributed by atoms with Gasteiger partial charge in [0.25, 0.3) is 0 Å². The largest absolute Gasteiger partial charge is 0.478 e. The van der Waals surface area contributed by atoms with E-state index >= 15 is 0 Å². The molecule has 4 N–H and O–H groups in total. The van der Waals surface area contributed by atoms with E-state index in [9.17, 15) is 4.79 Å². The van der Waals surface area contributed by atoms with E-state index in [1.165, 1.54) is 6.07 Å². The molecule has 0 radical (unpaired) electrons. The Labute approximate surface area is 82.0 Å². The first-order valence-electron chi connectivity index (χ1n) is 4.26. The van der Waals surface area contributed by atoms with Crippen molar-refractivity contribution in [3.8, 4) is 0 Å². The monoisotopic (exact) mass is 195 g/mol. The summed E-state index contributed by atoms with van der Waals surface area (Å²) in [5.41, 5.74) is 7.42. The van der Waals surface area contributed by atoms with Gasteiger partial charge >= 0.3 is 5.97 Å². The lowest BCUT2D eigenvalue weighted by molar-refractivity contribution is 0.0697. The second-order valence-corrected chi connectivity index (χ2v) is 3.17. The first-order valence-corrected chi connectivity index (χ1v) is 4.26. The summed E-state index contributed by atoms with van der Waals surface area (Å²) in [5, 5.41) is 17.6. The van der Waals surface area contributed by atoms with Gasteiger partial charge in [-0.15, -0.1) is 0 Å². The fraction of sp³-hybridized carbons (Fsp3) is 0.300. The van der Waals surface area contributed by atoms with Gasteiger partial charge in [-0.05, 0) is 30.2 Å². The maximum atomic E-state index is 10.6. The third-order valence-corrected chi connectivity index (χ3v) is 2.11. The summed E-state index contributed by atoms with van der Waals surface area (Å²) >= 11 is 0. The van der Waals surface area contributed by atoms with Crippen molar-refractivity contribution in [1.29, 1.82) is 0 Å². The van der Waals surface area contributed by atoms with Crippen LogP contribution >= 0.6 is 0 Å². The Bertz CT molecular complexity index is 349. The molecule has 0 aliphatic heterocycles. The molecule has 4 heteroatoms. The van der Waals surface area contributed by atoms with Crippen molar-refractivity contribution in [1.82, 2.24) is 0 Å². The number of aliphatic hydroxyl groups excluding tert-OH is 1. The Morgan fingerprint density at radius 2 is 2.21 bits per heavy atom. The van der Waals surface area contributed by atoms with Crippen LogP contribution in [0.1, 0.15) is 27.5 Å². The highest BCUT2D eigenvalue weighted by atomic mass is 16.4. The third kappa shape index (κ3) is 2.10. The van der Waals surface area contributed by atoms with Gasteiger partial charge in [0.2, 0.25) is 0 Å². The van der Waals surface area contributed by atoms with Crippen molar-refractivity contribution in [3.05, 3.63) is 34.9 Å². The molecule has 0 saturated heterocycles. The number of aliphatic hydroxyl groups is 1. The van der Waals surface area contributed by atoms with Gasteiger partial charge in [0, 0.05) is 0 Å². The van der Waals surface area contributed by atoms with Crippen LogP contribution in [0.15, 0.2) is 18.2 Å². The number of benzene rings is 1. The number of carbonyl (C=O) groups is 1. The number of aryl methyl sites for hydroxylation is 1. The molecule has 0 spiro atoms. The Morgan fingerprint density at radius 3 is 2.64 bits per heavy atom. The van der Waals surface area contributed by atoms with E-state index in [2.05, 4.69) is 0 Å². The fourth-order valence-electron chi connectivity index (χ4n) is 1.32. The lowest BCUT2D eigenvalue weighted by atomic mass is 10.00. The van der Waals surface area contributed by atoms with Gasteiger partial charge in [0.15, 0.2) is 0 Å². The number of rotatable bonds is 3. The van der Waals surface area contributed by atoms with Crippen LogP contribution in [0, 0.1) is 6.92 Å². The van der Waals surface area contributed by atoms with E-state index in [0.29, 0.717) is 0 Å². The number of aromatic carboxylic acids is 1. The molecule has 1 unspecified atom stereocenters. The molecule has 76 valence electrons. The standard InChI is InChI=1S/C10H13NO3/c1-6-4-7(10(13)14)2-3-8(6)9(11)5-12/h2-4,9,12H,5,11H2,1H3,(H,13,14). The summed E-state index contributed by atoms with van der Waals surface area (Å²) in [6.07, 6.45) is 0. The van der Waals surface area contributed by atoms with Crippen LogP contribution in [0.2, 0.25) is 0 Å². The van der Waals surface area contributed by atoms with Crippen molar-refractivity contribution in [2.45, 2.75) is 13.0 Å². The number of hydrogen-bond donors (Lipinski definition) is 3. The van der Waals surface area contributed by atoms with Gasteiger partial charge < -0.3 is 15.9 Å². The van der Waals surface area contributed by atoms with Gasteiger partial charge in [-0.25, -0.2) is 4.79 Å². The molecular weight excluding hydrogens is 182 g/mol. The number of nitrogens with two attached hydrogens (primary N) is 1. The topological polar surface area (TPSA) is 83.5 Å². The average molecular weight is 195 g/mol. The summed E-state index contributed by atoms with van der Waals surface area (Å²) in [7, 11) is 0. The predicted octanol–water partition coefficient (Wildman–Crippen LogP) is 0.685. The minimum atomic E-state index is -0.961. The first-order chi connectivity index (χ1) is 6.56. The molecule has 14 heavy (non-hydrogen) atoms. The molecule has 0 saturated carbocycles. The molecule has 0 fully saturated rings. The van der Waals surface area contributed by atoms with Crippen molar-refractivity contribution >= 4 is 5.97 Å². The molecule has 1 atom stereocenters. The number of carboxylic acid groups (broad SMARTS) is 1. The minimum Gasteiger partial charge on any atom is -0.478 e. The van der Waals surface area contributed by atoms with Gasteiger partial charge in [0.1, 0.15) is 0 Å². The van der Waals surface area contributed by atoms with Crippen LogP contribution in [0.4, 0.5) is 0 Å². The lowest BCUT2D eigenvalue weighted by Crippen LogP contribution is -2.16. The van der Waals surface area contributed by atoms with Gasteiger partial charge in [-0.2, -0.15) is 0 Å². The maximum absolute atomic E-state index is 10.6. The summed E-state index contributed by atoms with van der Waals surface area (Å²) in [6, 6.07) is 4.23. The van der Waals surface area contributed by atoms with Crippen LogP contribution in [-0.4, -0.2) is 22.8 Å². The highest BCUT2D eigenvalue weighted by molar-refractivity contribution is 5.87. The molecule has 0 bridgehead atoms. The summed E-state index contributed by atoms with van der Waals surface area (Å²) < 4.78 is 0. The minimum absolute atomic E-state index is 0.146. The second kappa shape index (κ2) is 4.21. The van der Waals surface area contributed by atoms with E-state index in [1.807, 2.05) is 0 Å². The van der Waals surface area contributed by atoms with Gasteiger partial charge in [0.05, 0.1) is 18.2 Å². The van der Waals surface area contributed by atoms with Crippen molar-refractivity contribution in [3.63, 3.8) is 0 Å².